The monoisotopic (exact) mass is 225 g/mol. The Kier molecular flexibility index (Phi) is 3.07. The van der Waals surface area contributed by atoms with Gasteiger partial charge in [0, 0.05) is 18.7 Å². The highest BCUT2D eigenvalue weighted by molar-refractivity contribution is 5.96. The van der Waals surface area contributed by atoms with E-state index >= 15 is 0 Å². The van der Waals surface area contributed by atoms with E-state index in [1.807, 2.05) is 24.3 Å². The van der Waals surface area contributed by atoms with Gasteiger partial charge in [-0.15, -0.1) is 0 Å². The molecule has 2 rings (SSSR count). The Balaban J connectivity index is 2.16. The fourth-order valence-electron chi connectivity index (χ4n) is 1.93. The molecule has 1 aliphatic rings. The van der Waals surface area contributed by atoms with Crippen LogP contribution < -0.4 is 4.90 Å². The average Bonchev–Trinajstić information content (AvgIpc) is 2.72. The number of nitriles is 2. The molecule has 0 aromatic heterocycles. The van der Waals surface area contributed by atoms with E-state index < -0.39 is 0 Å². The highest BCUT2D eigenvalue weighted by Crippen LogP contribution is 2.24. The predicted octanol–water partition coefficient (Wildman–Crippen LogP) is 1.63. The normalized spacial score (nSPS) is 18.8. The zero-order chi connectivity index (χ0) is 12.3. The molecule has 1 heterocycles. The molecule has 1 aromatic carbocycles. The smallest absolute Gasteiger partial charge is 0.228 e. The number of carbonyl (C=O) groups is 1. The van der Waals surface area contributed by atoms with Crippen LogP contribution in [0, 0.1) is 28.6 Å². The first-order valence-electron chi connectivity index (χ1n) is 5.40. The van der Waals surface area contributed by atoms with Crippen LogP contribution in [-0.2, 0) is 11.2 Å². The minimum absolute atomic E-state index is 0.00965. The predicted molar refractivity (Wildman–Crippen MR) is 61.8 cm³/mol. The van der Waals surface area contributed by atoms with Crippen LogP contribution in [0.25, 0.3) is 0 Å². The third-order valence-corrected chi connectivity index (χ3v) is 2.84. The van der Waals surface area contributed by atoms with Gasteiger partial charge in [0.2, 0.25) is 5.91 Å². The Hall–Kier alpha value is -2.33. The first-order chi connectivity index (χ1) is 8.24. The summed E-state index contributed by atoms with van der Waals surface area (Å²) in [6, 6.07) is 11.5. The fourth-order valence-corrected chi connectivity index (χ4v) is 1.93. The van der Waals surface area contributed by atoms with Crippen molar-refractivity contribution in [1.29, 1.82) is 10.5 Å². The number of benzene rings is 1. The largest absolute Gasteiger partial charge is 0.311 e. The van der Waals surface area contributed by atoms with Gasteiger partial charge in [-0.25, -0.2) is 0 Å². The van der Waals surface area contributed by atoms with Crippen molar-refractivity contribution in [2.75, 3.05) is 11.4 Å². The molecule has 0 spiro atoms. The third-order valence-electron chi connectivity index (χ3n) is 2.84. The molecule has 1 saturated heterocycles. The summed E-state index contributed by atoms with van der Waals surface area (Å²) in [4.78, 5) is 13.3. The van der Waals surface area contributed by atoms with E-state index in [-0.39, 0.29) is 11.8 Å². The summed E-state index contributed by atoms with van der Waals surface area (Å²) in [5.41, 5.74) is 1.73. The van der Waals surface area contributed by atoms with Crippen LogP contribution in [-0.4, -0.2) is 12.5 Å². The van der Waals surface area contributed by atoms with E-state index in [9.17, 15) is 4.79 Å². The van der Waals surface area contributed by atoms with Crippen molar-refractivity contribution in [1.82, 2.24) is 0 Å². The van der Waals surface area contributed by atoms with Crippen LogP contribution in [0.1, 0.15) is 12.0 Å². The summed E-state index contributed by atoms with van der Waals surface area (Å²) in [6.07, 6.45) is 0.672. The lowest BCUT2D eigenvalue weighted by molar-refractivity contribution is -0.117. The Morgan fingerprint density at radius 2 is 2.00 bits per heavy atom. The standard InChI is InChI=1S/C13H11N3O/c14-6-5-10-1-3-12(4-2-10)16-9-11(8-15)7-13(16)17/h1-4,11H,5,7,9H2. The quantitative estimate of drug-likeness (QED) is 0.768. The maximum Gasteiger partial charge on any atom is 0.228 e. The van der Waals surface area contributed by atoms with Gasteiger partial charge in [0.05, 0.1) is 24.5 Å². The molecule has 0 aliphatic carbocycles. The molecule has 1 fully saturated rings. The van der Waals surface area contributed by atoms with E-state index in [4.69, 9.17) is 10.5 Å². The fraction of sp³-hybridized carbons (Fsp3) is 0.308. The van der Waals surface area contributed by atoms with Crippen LogP contribution in [0.5, 0.6) is 0 Å². The Morgan fingerprint density at radius 3 is 2.53 bits per heavy atom. The Bertz CT molecular complexity index is 507. The van der Waals surface area contributed by atoms with Crippen LogP contribution in [0.3, 0.4) is 0 Å². The number of hydrogen-bond acceptors (Lipinski definition) is 3. The number of anilines is 1. The van der Waals surface area contributed by atoms with Crippen molar-refractivity contribution in [3.8, 4) is 12.1 Å². The zero-order valence-corrected chi connectivity index (χ0v) is 9.26. The highest BCUT2D eigenvalue weighted by Gasteiger charge is 2.30. The maximum absolute atomic E-state index is 11.7. The van der Waals surface area contributed by atoms with E-state index in [0.717, 1.165) is 11.3 Å². The molecule has 17 heavy (non-hydrogen) atoms. The highest BCUT2D eigenvalue weighted by atomic mass is 16.2. The third kappa shape index (κ3) is 2.26. The van der Waals surface area contributed by atoms with Crippen molar-refractivity contribution in [2.24, 2.45) is 5.92 Å². The molecule has 84 valence electrons. The Labute approximate surface area is 99.7 Å². The topological polar surface area (TPSA) is 67.9 Å². The number of carbonyl (C=O) groups excluding carboxylic acids is 1. The van der Waals surface area contributed by atoms with Gasteiger partial charge < -0.3 is 4.90 Å². The van der Waals surface area contributed by atoms with Gasteiger partial charge in [-0.1, -0.05) is 12.1 Å². The first kappa shape index (κ1) is 11.2. The lowest BCUT2D eigenvalue weighted by Crippen LogP contribution is -2.24. The van der Waals surface area contributed by atoms with E-state index in [1.165, 1.54) is 0 Å². The van der Waals surface area contributed by atoms with E-state index in [1.54, 1.807) is 4.90 Å². The summed E-state index contributed by atoms with van der Waals surface area (Å²) in [5, 5.41) is 17.4. The molecular formula is C13H11N3O. The summed E-state index contributed by atoms with van der Waals surface area (Å²) in [5.74, 6) is -0.217. The molecule has 1 unspecified atom stereocenters. The van der Waals surface area contributed by atoms with Gasteiger partial charge in [0.15, 0.2) is 0 Å². The second-order valence-electron chi connectivity index (χ2n) is 4.04. The van der Waals surface area contributed by atoms with Crippen molar-refractivity contribution in [3.05, 3.63) is 29.8 Å². The zero-order valence-electron chi connectivity index (χ0n) is 9.26. The van der Waals surface area contributed by atoms with Crippen molar-refractivity contribution in [2.45, 2.75) is 12.8 Å². The number of amides is 1. The lowest BCUT2D eigenvalue weighted by Gasteiger charge is -2.15. The van der Waals surface area contributed by atoms with E-state index in [0.29, 0.717) is 19.4 Å². The maximum atomic E-state index is 11.7. The second kappa shape index (κ2) is 4.67. The van der Waals surface area contributed by atoms with Gasteiger partial charge in [0.25, 0.3) is 0 Å². The minimum atomic E-state index is -0.207. The van der Waals surface area contributed by atoms with Crippen LogP contribution in [0.4, 0.5) is 5.69 Å². The van der Waals surface area contributed by atoms with Crippen LogP contribution in [0.2, 0.25) is 0 Å². The van der Waals surface area contributed by atoms with Crippen molar-refractivity contribution < 1.29 is 4.79 Å². The van der Waals surface area contributed by atoms with Crippen LogP contribution >= 0.6 is 0 Å². The average molecular weight is 225 g/mol. The van der Waals surface area contributed by atoms with Crippen molar-refractivity contribution >= 4 is 11.6 Å². The molecular weight excluding hydrogens is 214 g/mol. The molecule has 1 amide bonds. The van der Waals surface area contributed by atoms with Gasteiger partial charge in [0.1, 0.15) is 0 Å². The van der Waals surface area contributed by atoms with Gasteiger partial charge in [-0.3, -0.25) is 4.79 Å². The summed E-state index contributed by atoms with van der Waals surface area (Å²) in [7, 11) is 0. The first-order valence-corrected chi connectivity index (χ1v) is 5.40. The summed E-state index contributed by atoms with van der Waals surface area (Å²) >= 11 is 0. The van der Waals surface area contributed by atoms with Crippen molar-refractivity contribution in [3.63, 3.8) is 0 Å². The number of nitrogens with zero attached hydrogens (tertiary/aromatic N) is 3. The Morgan fingerprint density at radius 1 is 1.29 bits per heavy atom. The number of hydrogen-bond donors (Lipinski definition) is 0. The minimum Gasteiger partial charge on any atom is -0.311 e. The second-order valence-corrected chi connectivity index (χ2v) is 4.04. The molecule has 0 saturated carbocycles. The molecule has 0 bridgehead atoms. The summed E-state index contributed by atoms with van der Waals surface area (Å²) in [6.45, 7) is 0.465. The number of rotatable bonds is 2. The van der Waals surface area contributed by atoms with Gasteiger partial charge >= 0.3 is 0 Å². The van der Waals surface area contributed by atoms with Crippen LogP contribution in [0.15, 0.2) is 24.3 Å². The summed E-state index contributed by atoms with van der Waals surface area (Å²) < 4.78 is 0. The van der Waals surface area contributed by atoms with Gasteiger partial charge in [-0.05, 0) is 17.7 Å². The molecule has 1 aliphatic heterocycles. The molecule has 1 atom stereocenters. The molecule has 0 N–H and O–H groups in total. The molecule has 4 nitrogen and oxygen atoms in total. The molecule has 1 aromatic rings. The SMILES string of the molecule is N#CCc1ccc(N2CC(C#N)CC2=O)cc1. The van der Waals surface area contributed by atoms with E-state index in [2.05, 4.69) is 12.1 Å². The lowest BCUT2D eigenvalue weighted by atomic mass is 10.1. The molecule has 0 radical (unpaired) electrons. The molecule has 4 heteroatoms. The van der Waals surface area contributed by atoms with Gasteiger partial charge in [-0.2, -0.15) is 10.5 Å².